The summed E-state index contributed by atoms with van der Waals surface area (Å²) >= 11 is 1.50. The molecule has 3 aromatic rings. The van der Waals surface area contributed by atoms with Crippen LogP contribution in [0.2, 0.25) is 0 Å². The van der Waals surface area contributed by atoms with Crippen LogP contribution < -0.4 is 20.1 Å². The number of nitrogens with one attached hydrogen (secondary N) is 2. The van der Waals surface area contributed by atoms with Gasteiger partial charge in [-0.1, -0.05) is 30.3 Å². The van der Waals surface area contributed by atoms with Crippen molar-refractivity contribution in [2.45, 2.75) is 38.0 Å². The third-order valence-electron chi connectivity index (χ3n) is 5.11. The fourth-order valence-corrected chi connectivity index (χ4v) is 3.76. The van der Waals surface area contributed by atoms with Gasteiger partial charge < -0.3 is 20.1 Å². The predicted octanol–water partition coefficient (Wildman–Crippen LogP) is 3.35. The lowest BCUT2D eigenvalue weighted by molar-refractivity contribution is -0.123. The van der Waals surface area contributed by atoms with Gasteiger partial charge in [0.25, 0.3) is 5.91 Å². The lowest BCUT2D eigenvalue weighted by Gasteiger charge is -2.19. The molecule has 0 bridgehead atoms. The molecule has 8 heteroatoms. The van der Waals surface area contributed by atoms with Gasteiger partial charge in [-0.2, -0.15) is 0 Å². The molecule has 1 atom stereocenters. The van der Waals surface area contributed by atoms with E-state index in [0.29, 0.717) is 30.1 Å². The zero-order valence-electron chi connectivity index (χ0n) is 17.7. The number of benzene rings is 2. The normalized spacial score (nSPS) is 13.8. The maximum atomic E-state index is 13.0. The maximum Gasteiger partial charge on any atom is 0.252 e. The molecule has 0 aliphatic heterocycles. The van der Waals surface area contributed by atoms with E-state index in [1.54, 1.807) is 23.7 Å². The SMILES string of the molecule is COc1cc(C(=O)NC(Cc2ccccc2)C(=O)NC2CC2)ccc1OCc1cscn1. The molecule has 1 aromatic heterocycles. The predicted molar refractivity (Wildman–Crippen MR) is 122 cm³/mol. The lowest BCUT2D eigenvalue weighted by Crippen LogP contribution is -2.48. The van der Waals surface area contributed by atoms with Gasteiger partial charge in [-0.25, -0.2) is 4.98 Å². The van der Waals surface area contributed by atoms with Crippen molar-refractivity contribution < 1.29 is 19.1 Å². The van der Waals surface area contributed by atoms with Gasteiger partial charge in [0, 0.05) is 23.4 Å². The number of carbonyl (C=O) groups is 2. The Labute approximate surface area is 190 Å². The first-order valence-corrected chi connectivity index (χ1v) is 11.4. The second-order valence-electron chi connectivity index (χ2n) is 7.63. The summed E-state index contributed by atoms with van der Waals surface area (Å²) in [6, 6.07) is 14.2. The molecule has 2 N–H and O–H groups in total. The van der Waals surface area contributed by atoms with Gasteiger partial charge in [0.15, 0.2) is 11.5 Å². The first-order valence-electron chi connectivity index (χ1n) is 10.5. The number of nitrogens with zero attached hydrogens (tertiary/aromatic N) is 1. The van der Waals surface area contributed by atoms with E-state index in [4.69, 9.17) is 9.47 Å². The number of methoxy groups -OCH3 is 1. The Bertz CT molecular complexity index is 1050. The third kappa shape index (κ3) is 5.85. The zero-order valence-corrected chi connectivity index (χ0v) is 18.6. The number of ether oxygens (including phenoxy) is 2. The topological polar surface area (TPSA) is 89.5 Å². The van der Waals surface area contributed by atoms with Gasteiger partial charge in [-0.05, 0) is 36.6 Å². The number of aromatic nitrogens is 1. The molecule has 32 heavy (non-hydrogen) atoms. The quantitative estimate of drug-likeness (QED) is 0.493. The minimum Gasteiger partial charge on any atom is -0.493 e. The maximum absolute atomic E-state index is 13.0. The summed E-state index contributed by atoms with van der Waals surface area (Å²) in [7, 11) is 1.52. The average Bonchev–Trinajstić information content (AvgIpc) is 3.47. The van der Waals surface area contributed by atoms with E-state index in [-0.39, 0.29) is 17.9 Å². The minimum atomic E-state index is -0.669. The van der Waals surface area contributed by atoms with Crippen molar-refractivity contribution in [3.8, 4) is 11.5 Å². The van der Waals surface area contributed by atoms with Crippen LogP contribution in [0.4, 0.5) is 0 Å². The van der Waals surface area contributed by atoms with E-state index in [2.05, 4.69) is 15.6 Å². The number of thiazole rings is 1. The molecule has 1 fully saturated rings. The number of hydrogen-bond acceptors (Lipinski definition) is 6. The van der Waals surface area contributed by atoms with Crippen molar-refractivity contribution in [1.82, 2.24) is 15.6 Å². The van der Waals surface area contributed by atoms with E-state index in [0.717, 1.165) is 24.1 Å². The Morgan fingerprint density at radius 1 is 1.16 bits per heavy atom. The van der Waals surface area contributed by atoms with E-state index < -0.39 is 6.04 Å². The summed E-state index contributed by atoms with van der Waals surface area (Å²) in [6.07, 6.45) is 2.38. The molecule has 1 aliphatic carbocycles. The van der Waals surface area contributed by atoms with Crippen LogP contribution in [0.5, 0.6) is 11.5 Å². The number of rotatable bonds is 10. The van der Waals surface area contributed by atoms with Gasteiger partial charge in [-0.3, -0.25) is 9.59 Å². The number of hydrogen-bond donors (Lipinski definition) is 2. The molecule has 1 aliphatic rings. The standard InChI is InChI=1S/C24H25N3O4S/c1-30-22-12-17(7-10-21(22)31-13-19-14-32-15-25-19)23(28)27-20(24(29)26-18-8-9-18)11-16-5-3-2-4-6-16/h2-7,10,12,14-15,18,20H,8-9,11,13H2,1H3,(H,26,29)(H,27,28). The first kappa shape index (κ1) is 21.8. The van der Waals surface area contributed by atoms with E-state index >= 15 is 0 Å². The summed E-state index contributed by atoms with van der Waals surface area (Å²) in [5.41, 5.74) is 3.94. The molecular formula is C24H25N3O4S. The molecule has 1 heterocycles. The van der Waals surface area contributed by atoms with Crippen LogP contribution in [0.25, 0.3) is 0 Å². The molecule has 2 aromatic carbocycles. The molecular weight excluding hydrogens is 426 g/mol. The van der Waals surface area contributed by atoms with Gasteiger partial charge in [-0.15, -0.1) is 11.3 Å². The molecule has 1 saturated carbocycles. The zero-order chi connectivity index (χ0) is 22.3. The van der Waals surface area contributed by atoms with Crippen molar-refractivity contribution in [1.29, 1.82) is 0 Å². The van der Waals surface area contributed by atoms with Crippen LogP contribution in [0.15, 0.2) is 59.4 Å². The first-order chi connectivity index (χ1) is 15.6. The largest absolute Gasteiger partial charge is 0.493 e. The van der Waals surface area contributed by atoms with Crippen LogP contribution in [-0.4, -0.2) is 36.0 Å². The Hall–Kier alpha value is -3.39. The average molecular weight is 452 g/mol. The van der Waals surface area contributed by atoms with Crippen molar-refractivity contribution in [2.75, 3.05) is 7.11 Å². The van der Waals surface area contributed by atoms with Crippen LogP contribution in [-0.2, 0) is 17.8 Å². The fourth-order valence-electron chi connectivity index (χ4n) is 3.22. The van der Waals surface area contributed by atoms with Crippen LogP contribution in [0, 0.1) is 0 Å². The Balaban J connectivity index is 1.45. The van der Waals surface area contributed by atoms with Gasteiger partial charge in [0.05, 0.1) is 18.3 Å². The Morgan fingerprint density at radius 2 is 1.97 bits per heavy atom. The van der Waals surface area contributed by atoms with E-state index in [9.17, 15) is 9.59 Å². The molecule has 2 amide bonds. The highest BCUT2D eigenvalue weighted by molar-refractivity contribution is 7.07. The Morgan fingerprint density at radius 3 is 2.66 bits per heavy atom. The minimum absolute atomic E-state index is 0.167. The fraction of sp³-hybridized carbons (Fsp3) is 0.292. The highest BCUT2D eigenvalue weighted by atomic mass is 32.1. The number of amides is 2. The molecule has 166 valence electrons. The van der Waals surface area contributed by atoms with Gasteiger partial charge in [0.2, 0.25) is 5.91 Å². The van der Waals surface area contributed by atoms with E-state index in [1.165, 1.54) is 18.4 Å². The van der Waals surface area contributed by atoms with E-state index in [1.807, 2.05) is 35.7 Å². The second kappa shape index (κ2) is 10.3. The summed E-state index contributed by atoms with van der Waals surface area (Å²) < 4.78 is 11.2. The molecule has 0 radical (unpaired) electrons. The summed E-state index contributed by atoms with van der Waals surface area (Å²) in [4.78, 5) is 29.9. The highest BCUT2D eigenvalue weighted by Gasteiger charge is 2.29. The number of carbonyl (C=O) groups excluding carboxylic acids is 2. The molecule has 4 rings (SSSR count). The van der Waals surface area contributed by atoms with Crippen molar-refractivity contribution in [3.63, 3.8) is 0 Å². The summed E-state index contributed by atoms with van der Waals surface area (Å²) in [5.74, 6) is 0.445. The third-order valence-corrected chi connectivity index (χ3v) is 5.75. The monoisotopic (exact) mass is 451 g/mol. The van der Waals surface area contributed by atoms with Gasteiger partial charge in [0.1, 0.15) is 12.6 Å². The molecule has 7 nitrogen and oxygen atoms in total. The summed E-state index contributed by atoms with van der Waals surface area (Å²) in [6.45, 7) is 0.311. The molecule has 0 saturated heterocycles. The smallest absolute Gasteiger partial charge is 0.252 e. The molecule has 1 unspecified atom stereocenters. The lowest BCUT2D eigenvalue weighted by atomic mass is 10.0. The van der Waals surface area contributed by atoms with Crippen LogP contribution in [0.3, 0.4) is 0 Å². The van der Waals surface area contributed by atoms with Gasteiger partial charge >= 0.3 is 0 Å². The highest BCUT2D eigenvalue weighted by Crippen LogP contribution is 2.29. The summed E-state index contributed by atoms with van der Waals surface area (Å²) in [5, 5.41) is 7.78. The van der Waals surface area contributed by atoms with Crippen LogP contribution >= 0.6 is 11.3 Å². The van der Waals surface area contributed by atoms with Crippen molar-refractivity contribution in [3.05, 3.63) is 76.2 Å². The second-order valence-corrected chi connectivity index (χ2v) is 8.35. The molecule has 0 spiro atoms. The Kier molecular flexibility index (Phi) is 7.01. The van der Waals surface area contributed by atoms with Crippen LogP contribution in [0.1, 0.15) is 34.5 Å². The van der Waals surface area contributed by atoms with Crippen molar-refractivity contribution in [2.24, 2.45) is 0 Å². The van der Waals surface area contributed by atoms with Crippen molar-refractivity contribution >= 4 is 23.2 Å².